The molecule has 0 bridgehead atoms. The van der Waals surface area contributed by atoms with Crippen LogP contribution in [0.4, 0.5) is 0 Å². The average molecular weight is 638 g/mol. The summed E-state index contributed by atoms with van der Waals surface area (Å²) in [5, 5.41) is 3.58. The van der Waals surface area contributed by atoms with E-state index in [0.29, 0.717) is 5.82 Å². The molecule has 50 heavy (non-hydrogen) atoms. The van der Waals surface area contributed by atoms with Crippen LogP contribution in [-0.4, -0.2) is 15.0 Å². The highest BCUT2D eigenvalue weighted by Gasteiger charge is 2.15. The molecule has 0 aliphatic rings. The quantitative estimate of drug-likeness (QED) is 0.182. The SMILES string of the molecule is c1ccc(-c2cc(-c3ccc(-c4c(-c5ccc(-c6cccc7cccnc67)cc5)ccc5ccccc45)cc3)nc(-c3ccccc3)n2)cc1. The van der Waals surface area contributed by atoms with E-state index in [1.54, 1.807) is 0 Å². The van der Waals surface area contributed by atoms with Gasteiger partial charge in [-0.2, -0.15) is 0 Å². The smallest absolute Gasteiger partial charge is 0.160 e. The van der Waals surface area contributed by atoms with Crippen molar-refractivity contribution in [1.29, 1.82) is 0 Å². The summed E-state index contributed by atoms with van der Waals surface area (Å²) in [6, 6.07) is 63.9. The van der Waals surface area contributed by atoms with E-state index in [0.717, 1.165) is 55.7 Å². The van der Waals surface area contributed by atoms with Crippen molar-refractivity contribution in [1.82, 2.24) is 15.0 Å². The molecular formula is C47H31N3. The van der Waals surface area contributed by atoms with Crippen molar-refractivity contribution in [3.63, 3.8) is 0 Å². The number of hydrogen-bond acceptors (Lipinski definition) is 3. The Balaban J connectivity index is 1.13. The van der Waals surface area contributed by atoms with Gasteiger partial charge in [0.1, 0.15) is 0 Å². The first-order valence-electron chi connectivity index (χ1n) is 16.9. The number of hydrogen-bond donors (Lipinski definition) is 0. The zero-order valence-electron chi connectivity index (χ0n) is 27.2. The van der Waals surface area contributed by atoms with E-state index in [1.807, 2.05) is 48.7 Å². The first-order chi connectivity index (χ1) is 24.8. The Morgan fingerprint density at radius 2 is 0.900 bits per heavy atom. The minimum absolute atomic E-state index is 0.713. The predicted molar refractivity (Wildman–Crippen MR) is 207 cm³/mol. The lowest BCUT2D eigenvalue weighted by atomic mass is 9.88. The lowest BCUT2D eigenvalue weighted by molar-refractivity contribution is 1.18. The average Bonchev–Trinajstić information content (AvgIpc) is 3.21. The zero-order valence-corrected chi connectivity index (χ0v) is 27.2. The van der Waals surface area contributed by atoms with Gasteiger partial charge in [-0.3, -0.25) is 4.98 Å². The van der Waals surface area contributed by atoms with Crippen LogP contribution in [0.5, 0.6) is 0 Å². The Hall–Kier alpha value is -6.71. The van der Waals surface area contributed by atoms with E-state index in [2.05, 4.69) is 145 Å². The summed E-state index contributed by atoms with van der Waals surface area (Å²) in [6.07, 6.45) is 1.86. The van der Waals surface area contributed by atoms with Gasteiger partial charge in [-0.25, -0.2) is 9.97 Å². The second-order valence-corrected chi connectivity index (χ2v) is 12.4. The van der Waals surface area contributed by atoms with Crippen LogP contribution >= 0.6 is 0 Å². The van der Waals surface area contributed by atoms with E-state index in [-0.39, 0.29) is 0 Å². The molecule has 2 aromatic heterocycles. The molecule has 0 spiro atoms. The largest absolute Gasteiger partial charge is 0.256 e. The van der Waals surface area contributed by atoms with E-state index in [9.17, 15) is 0 Å². The van der Waals surface area contributed by atoms with Gasteiger partial charge in [-0.1, -0.05) is 170 Å². The monoisotopic (exact) mass is 637 g/mol. The molecule has 9 aromatic rings. The van der Waals surface area contributed by atoms with Gasteiger partial charge in [-0.15, -0.1) is 0 Å². The number of nitrogens with zero attached hydrogens (tertiary/aromatic N) is 3. The molecule has 0 atom stereocenters. The summed E-state index contributed by atoms with van der Waals surface area (Å²) in [5.74, 6) is 0.713. The van der Waals surface area contributed by atoms with Gasteiger partial charge in [-0.05, 0) is 50.7 Å². The maximum Gasteiger partial charge on any atom is 0.160 e. The first-order valence-corrected chi connectivity index (χ1v) is 16.9. The fourth-order valence-corrected chi connectivity index (χ4v) is 6.87. The van der Waals surface area contributed by atoms with Crippen LogP contribution in [0.3, 0.4) is 0 Å². The number of benzene rings is 7. The summed E-state index contributed by atoms with van der Waals surface area (Å²) < 4.78 is 0. The molecule has 0 N–H and O–H groups in total. The van der Waals surface area contributed by atoms with Crippen molar-refractivity contribution < 1.29 is 0 Å². The van der Waals surface area contributed by atoms with Crippen molar-refractivity contribution in [2.24, 2.45) is 0 Å². The maximum atomic E-state index is 5.05. The van der Waals surface area contributed by atoms with Gasteiger partial charge in [0.2, 0.25) is 0 Å². The molecule has 0 amide bonds. The Labute approximate surface area is 291 Å². The number of para-hydroxylation sites is 1. The Morgan fingerprint density at radius 1 is 0.340 bits per heavy atom. The fraction of sp³-hybridized carbons (Fsp3) is 0. The van der Waals surface area contributed by atoms with Crippen LogP contribution in [0, 0.1) is 0 Å². The molecule has 0 saturated carbocycles. The summed E-state index contributed by atoms with van der Waals surface area (Å²) in [4.78, 5) is 14.7. The molecule has 234 valence electrons. The minimum atomic E-state index is 0.713. The lowest BCUT2D eigenvalue weighted by Gasteiger charge is -2.16. The van der Waals surface area contributed by atoms with Crippen molar-refractivity contribution in [2.45, 2.75) is 0 Å². The molecule has 2 heterocycles. The van der Waals surface area contributed by atoms with Crippen LogP contribution in [0.1, 0.15) is 0 Å². The van der Waals surface area contributed by atoms with Gasteiger partial charge in [0.25, 0.3) is 0 Å². The summed E-state index contributed by atoms with van der Waals surface area (Å²) in [6.45, 7) is 0. The van der Waals surface area contributed by atoms with Gasteiger partial charge in [0.15, 0.2) is 5.82 Å². The Bertz CT molecular complexity index is 2550. The third kappa shape index (κ3) is 5.51. The lowest BCUT2D eigenvalue weighted by Crippen LogP contribution is -1.96. The standard InChI is InChI=1S/C47H31N3/c1-3-12-35(13-4-1)43-31-44(50-47(49-43)39-14-5-2-6-15-39)36-24-26-37(27-25-36)45-40-18-8-7-11-32(40)28-29-41(45)33-20-22-34(23-21-33)42-19-9-16-38-17-10-30-48-46(38)42/h1-31H. The molecular weight excluding hydrogens is 607 g/mol. The first kappa shape index (κ1) is 29.4. The molecule has 0 radical (unpaired) electrons. The maximum absolute atomic E-state index is 5.05. The molecule has 7 aromatic carbocycles. The number of aromatic nitrogens is 3. The van der Waals surface area contributed by atoms with Crippen LogP contribution in [-0.2, 0) is 0 Å². The molecule has 3 nitrogen and oxygen atoms in total. The Morgan fingerprint density at radius 3 is 1.64 bits per heavy atom. The van der Waals surface area contributed by atoms with Crippen LogP contribution in [0.15, 0.2) is 188 Å². The summed E-state index contributed by atoms with van der Waals surface area (Å²) in [5.41, 5.74) is 12.9. The van der Waals surface area contributed by atoms with Crippen molar-refractivity contribution >= 4 is 21.7 Å². The van der Waals surface area contributed by atoms with Gasteiger partial charge < -0.3 is 0 Å². The van der Waals surface area contributed by atoms with Crippen LogP contribution in [0.2, 0.25) is 0 Å². The fourth-order valence-electron chi connectivity index (χ4n) is 6.87. The third-order valence-corrected chi connectivity index (χ3v) is 9.37. The second kappa shape index (κ2) is 12.7. The van der Waals surface area contributed by atoms with Crippen LogP contribution < -0.4 is 0 Å². The third-order valence-electron chi connectivity index (χ3n) is 9.37. The normalized spacial score (nSPS) is 11.2. The highest BCUT2D eigenvalue weighted by atomic mass is 14.9. The molecule has 3 heteroatoms. The van der Waals surface area contributed by atoms with E-state index < -0.39 is 0 Å². The molecule has 0 unspecified atom stereocenters. The van der Waals surface area contributed by atoms with Gasteiger partial charge in [0, 0.05) is 33.8 Å². The predicted octanol–water partition coefficient (Wildman–Crippen LogP) is 12.2. The number of fused-ring (bicyclic) bond motifs is 2. The number of pyridine rings is 1. The molecule has 0 aliphatic heterocycles. The molecule has 0 aliphatic carbocycles. The summed E-state index contributed by atoms with van der Waals surface area (Å²) in [7, 11) is 0. The zero-order chi connectivity index (χ0) is 33.3. The topological polar surface area (TPSA) is 38.7 Å². The van der Waals surface area contributed by atoms with Crippen molar-refractivity contribution in [3.05, 3.63) is 188 Å². The van der Waals surface area contributed by atoms with E-state index in [1.165, 1.54) is 27.5 Å². The van der Waals surface area contributed by atoms with Crippen molar-refractivity contribution in [3.8, 4) is 67.3 Å². The highest BCUT2D eigenvalue weighted by Crippen LogP contribution is 2.40. The van der Waals surface area contributed by atoms with E-state index in [4.69, 9.17) is 9.97 Å². The molecule has 0 saturated heterocycles. The van der Waals surface area contributed by atoms with Crippen LogP contribution in [0.25, 0.3) is 89.0 Å². The minimum Gasteiger partial charge on any atom is -0.256 e. The van der Waals surface area contributed by atoms with E-state index >= 15 is 0 Å². The molecule has 0 fully saturated rings. The van der Waals surface area contributed by atoms with Gasteiger partial charge in [0.05, 0.1) is 16.9 Å². The highest BCUT2D eigenvalue weighted by molar-refractivity contribution is 6.04. The van der Waals surface area contributed by atoms with Crippen molar-refractivity contribution in [2.75, 3.05) is 0 Å². The number of rotatable bonds is 6. The summed E-state index contributed by atoms with van der Waals surface area (Å²) >= 11 is 0. The van der Waals surface area contributed by atoms with Gasteiger partial charge >= 0.3 is 0 Å². The molecule has 9 rings (SSSR count). The second-order valence-electron chi connectivity index (χ2n) is 12.4. The Kier molecular flexibility index (Phi) is 7.49.